The van der Waals surface area contributed by atoms with Crippen molar-refractivity contribution in [3.8, 4) is 0 Å². The molecular weight excluding hydrogens is 268 g/mol. The van der Waals surface area contributed by atoms with Crippen LogP contribution >= 0.6 is 11.3 Å². The SMILES string of the molecule is CNC(=O)C1CCCN1C(=O)c1ccc(C(=O)O)s1. The van der Waals surface area contributed by atoms with Crippen LogP contribution in [0.1, 0.15) is 32.2 Å². The number of amides is 2. The molecule has 102 valence electrons. The Bertz CT molecular complexity index is 526. The molecule has 0 spiro atoms. The number of hydrogen-bond acceptors (Lipinski definition) is 4. The highest BCUT2D eigenvalue weighted by molar-refractivity contribution is 7.15. The van der Waals surface area contributed by atoms with Gasteiger partial charge in [0.1, 0.15) is 10.9 Å². The minimum Gasteiger partial charge on any atom is -0.477 e. The van der Waals surface area contributed by atoms with Gasteiger partial charge in [-0.05, 0) is 25.0 Å². The maximum absolute atomic E-state index is 12.3. The van der Waals surface area contributed by atoms with Crippen molar-refractivity contribution in [1.29, 1.82) is 0 Å². The van der Waals surface area contributed by atoms with E-state index in [0.29, 0.717) is 17.8 Å². The van der Waals surface area contributed by atoms with Gasteiger partial charge in [-0.15, -0.1) is 11.3 Å². The second-order valence-electron chi connectivity index (χ2n) is 4.24. The van der Waals surface area contributed by atoms with E-state index < -0.39 is 12.0 Å². The van der Waals surface area contributed by atoms with Crippen LogP contribution in [-0.4, -0.2) is 47.4 Å². The molecule has 2 heterocycles. The largest absolute Gasteiger partial charge is 0.477 e. The van der Waals surface area contributed by atoms with E-state index in [1.807, 2.05) is 0 Å². The first-order chi connectivity index (χ1) is 9.04. The Hall–Kier alpha value is -1.89. The molecule has 7 heteroatoms. The zero-order chi connectivity index (χ0) is 14.0. The normalized spacial score (nSPS) is 18.4. The standard InChI is InChI=1S/C12H14N2O4S/c1-13-10(15)7-3-2-6-14(7)11(16)8-4-5-9(19-8)12(17)18/h4-5,7H,2-3,6H2,1H3,(H,13,15)(H,17,18). The minimum atomic E-state index is -1.05. The van der Waals surface area contributed by atoms with Crippen LogP contribution in [0.2, 0.25) is 0 Å². The number of rotatable bonds is 3. The fourth-order valence-electron chi connectivity index (χ4n) is 2.16. The summed E-state index contributed by atoms with van der Waals surface area (Å²) in [6.07, 6.45) is 1.42. The van der Waals surface area contributed by atoms with Gasteiger partial charge in [0.05, 0.1) is 4.88 Å². The van der Waals surface area contributed by atoms with Gasteiger partial charge in [-0.3, -0.25) is 9.59 Å². The number of likely N-dealkylation sites (N-methyl/N-ethyl adjacent to an activating group) is 1. The van der Waals surface area contributed by atoms with Gasteiger partial charge >= 0.3 is 5.97 Å². The smallest absolute Gasteiger partial charge is 0.345 e. The first-order valence-corrected chi connectivity index (χ1v) is 6.72. The Balaban J connectivity index is 2.18. The first-order valence-electron chi connectivity index (χ1n) is 5.90. The molecule has 0 aromatic carbocycles. The summed E-state index contributed by atoms with van der Waals surface area (Å²) in [7, 11) is 1.54. The molecule has 1 aliphatic heterocycles. The molecule has 0 aliphatic carbocycles. The number of carbonyl (C=O) groups excluding carboxylic acids is 2. The van der Waals surface area contributed by atoms with Gasteiger partial charge in [0.25, 0.3) is 5.91 Å². The lowest BCUT2D eigenvalue weighted by atomic mass is 10.2. The summed E-state index contributed by atoms with van der Waals surface area (Å²) in [5.74, 6) is -1.50. The van der Waals surface area contributed by atoms with E-state index in [0.717, 1.165) is 17.8 Å². The lowest BCUT2D eigenvalue weighted by Crippen LogP contribution is -2.44. The lowest BCUT2D eigenvalue weighted by molar-refractivity contribution is -0.124. The van der Waals surface area contributed by atoms with Crippen molar-refractivity contribution in [2.75, 3.05) is 13.6 Å². The van der Waals surface area contributed by atoms with Crippen molar-refractivity contribution in [3.63, 3.8) is 0 Å². The van der Waals surface area contributed by atoms with E-state index in [1.165, 1.54) is 24.1 Å². The molecule has 1 fully saturated rings. The number of nitrogens with zero attached hydrogens (tertiary/aromatic N) is 1. The van der Waals surface area contributed by atoms with Crippen LogP contribution in [-0.2, 0) is 4.79 Å². The van der Waals surface area contributed by atoms with Crippen LogP contribution in [0.5, 0.6) is 0 Å². The highest BCUT2D eigenvalue weighted by Crippen LogP contribution is 2.24. The molecule has 0 bridgehead atoms. The summed E-state index contributed by atoms with van der Waals surface area (Å²) in [6.45, 7) is 0.525. The highest BCUT2D eigenvalue weighted by Gasteiger charge is 2.34. The van der Waals surface area contributed by atoms with Gasteiger partial charge in [-0.2, -0.15) is 0 Å². The van der Waals surface area contributed by atoms with Crippen LogP contribution in [0.4, 0.5) is 0 Å². The molecular formula is C12H14N2O4S. The number of carboxylic acids is 1. The maximum Gasteiger partial charge on any atom is 0.345 e. The molecule has 2 amide bonds. The second kappa shape index (κ2) is 5.40. The van der Waals surface area contributed by atoms with Gasteiger partial charge in [-0.25, -0.2) is 4.79 Å². The van der Waals surface area contributed by atoms with E-state index in [4.69, 9.17) is 5.11 Å². The molecule has 1 unspecified atom stereocenters. The van der Waals surface area contributed by atoms with Crippen molar-refractivity contribution < 1.29 is 19.5 Å². The third kappa shape index (κ3) is 2.60. The Morgan fingerprint density at radius 2 is 2.05 bits per heavy atom. The summed E-state index contributed by atoms with van der Waals surface area (Å²) < 4.78 is 0. The minimum absolute atomic E-state index is 0.124. The lowest BCUT2D eigenvalue weighted by Gasteiger charge is -2.22. The number of nitrogens with one attached hydrogen (secondary N) is 1. The molecule has 1 atom stereocenters. The number of carbonyl (C=O) groups is 3. The molecule has 1 aliphatic rings. The molecule has 1 aromatic rings. The quantitative estimate of drug-likeness (QED) is 0.858. The third-order valence-electron chi connectivity index (χ3n) is 3.09. The zero-order valence-electron chi connectivity index (χ0n) is 10.4. The summed E-state index contributed by atoms with van der Waals surface area (Å²) in [5, 5.41) is 11.4. The van der Waals surface area contributed by atoms with Gasteiger partial charge in [-0.1, -0.05) is 0 Å². The van der Waals surface area contributed by atoms with E-state index in [2.05, 4.69) is 5.32 Å². The number of likely N-dealkylation sites (tertiary alicyclic amines) is 1. The number of thiophene rings is 1. The van der Waals surface area contributed by atoms with E-state index in [-0.39, 0.29) is 16.7 Å². The van der Waals surface area contributed by atoms with Crippen LogP contribution in [0.3, 0.4) is 0 Å². The second-order valence-corrected chi connectivity index (χ2v) is 5.32. The van der Waals surface area contributed by atoms with Gasteiger partial charge in [0.2, 0.25) is 5.91 Å². The van der Waals surface area contributed by atoms with E-state index >= 15 is 0 Å². The highest BCUT2D eigenvalue weighted by atomic mass is 32.1. The number of hydrogen-bond donors (Lipinski definition) is 2. The average molecular weight is 282 g/mol. The average Bonchev–Trinajstić information content (AvgIpc) is 3.05. The summed E-state index contributed by atoms with van der Waals surface area (Å²) in [6, 6.07) is 2.45. The fourth-order valence-corrected chi connectivity index (χ4v) is 2.96. The first kappa shape index (κ1) is 13.5. The number of carboxylic acid groups (broad SMARTS) is 1. The van der Waals surface area contributed by atoms with Crippen molar-refractivity contribution in [2.45, 2.75) is 18.9 Å². The summed E-state index contributed by atoms with van der Waals surface area (Å²) in [5.41, 5.74) is 0. The molecule has 19 heavy (non-hydrogen) atoms. The van der Waals surface area contributed by atoms with Gasteiger partial charge in [0, 0.05) is 13.6 Å². The van der Waals surface area contributed by atoms with Crippen LogP contribution < -0.4 is 5.32 Å². The molecule has 1 saturated heterocycles. The van der Waals surface area contributed by atoms with Crippen LogP contribution in [0, 0.1) is 0 Å². The number of aromatic carboxylic acids is 1. The van der Waals surface area contributed by atoms with Crippen LogP contribution in [0.15, 0.2) is 12.1 Å². The Morgan fingerprint density at radius 3 is 2.63 bits per heavy atom. The van der Waals surface area contributed by atoms with Crippen molar-refractivity contribution in [3.05, 3.63) is 21.9 Å². The third-order valence-corrected chi connectivity index (χ3v) is 4.15. The fraction of sp³-hybridized carbons (Fsp3) is 0.417. The topological polar surface area (TPSA) is 86.7 Å². The predicted molar refractivity (Wildman–Crippen MR) is 69.4 cm³/mol. The van der Waals surface area contributed by atoms with E-state index in [1.54, 1.807) is 0 Å². The predicted octanol–water partition coefficient (Wildman–Crippen LogP) is 0.797. The summed E-state index contributed by atoms with van der Waals surface area (Å²) in [4.78, 5) is 36.7. The summed E-state index contributed by atoms with van der Waals surface area (Å²) >= 11 is 0.935. The molecule has 2 rings (SSSR count). The van der Waals surface area contributed by atoms with Crippen molar-refractivity contribution >= 4 is 29.1 Å². The molecule has 2 N–H and O–H groups in total. The monoisotopic (exact) mass is 282 g/mol. The zero-order valence-corrected chi connectivity index (χ0v) is 11.2. The molecule has 1 aromatic heterocycles. The Morgan fingerprint density at radius 1 is 1.37 bits per heavy atom. The Labute approximate surface area is 114 Å². The Kier molecular flexibility index (Phi) is 3.84. The van der Waals surface area contributed by atoms with Gasteiger partial charge in [0.15, 0.2) is 0 Å². The van der Waals surface area contributed by atoms with Crippen molar-refractivity contribution in [2.24, 2.45) is 0 Å². The maximum atomic E-state index is 12.3. The van der Waals surface area contributed by atoms with Crippen molar-refractivity contribution in [1.82, 2.24) is 10.2 Å². The van der Waals surface area contributed by atoms with Gasteiger partial charge < -0.3 is 15.3 Å². The molecule has 0 saturated carbocycles. The van der Waals surface area contributed by atoms with E-state index in [9.17, 15) is 14.4 Å². The van der Waals surface area contributed by atoms with Crippen LogP contribution in [0.25, 0.3) is 0 Å². The molecule has 0 radical (unpaired) electrons. The molecule has 6 nitrogen and oxygen atoms in total.